The molecule has 0 spiro atoms. The molecule has 1 unspecified atom stereocenters. The number of benzene rings is 2. The second-order valence-electron chi connectivity index (χ2n) is 8.20. The third-order valence-electron chi connectivity index (χ3n) is 5.90. The number of carbonyl (C=O) groups excluding carboxylic acids is 2. The smallest absolute Gasteiger partial charge is 0.407 e. The molecule has 1 aromatic heterocycles. The van der Waals surface area contributed by atoms with Crippen molar-refractivity contribution >= 4 is 23.7 Å². The van der Waals surface area contributed by atoms with Crippen LogP contribution in [0.25, 0.3) is 11.1 Å². The van der Waals surface area contributed by atoms with Crippen LogP contribution in [-0.4, -0.2) is 45.5 Å². The summed E-state index contributed by atoms with van der Waals surface area (Å²) in [5.74, 6) is -1.72. The highest BCUT2D eigenvalue weighted by atomic mass is 16.5. The topological polar surface area (TPSA) is 123 Å². The van der Waals surface area contributed by atoms with Gasteiger partial charge in [0.15, 0.2) is 5.69 Å². The van der Waals surface area contributed by atoms with E-state index in [2.05, 4.69) is 27.9 Å². The van der Waals surface area contributed by atoms with Crippen LogP contribution in [0.3, 0.4) is 0 Å². The van der Waals surface area contributed by atoms with Gasteiger partial charge in [-0.2, -0.15) is 5.10 Å². The summed E-state index contributed by atoms with van der Waals surface area (Å²) in [7, 11) is 1.57. The van der Waals surface area contributed by atoms with E-state index >= 15 is 0 Å². The van der Waals surface area contributed by atoms with Gasteiger partial charge in [-0.25, -0.2) is 9.59 Å². The number of amides is 2. The van der Waals surface area contributed by atoms with E-state index in [0.29, 0.717) is 6.42 Å². The van der Waals surface area contributed by atoms with Gasteiger partial charge in [-0.15, -0.1) is 0 Å². The highest BCUT2D eigenvalue weighted by molar-refractivity contribution is 5.99. The molecule has 0 saturated heterocycles. The SMILES string of the molecule is CCC(CC(=O)Nc1cn(C)nc1C(=O)O)NC(=O)OCC1c2ccccc2-c2ccccc21. The van der Waals surface area contributed by atoms with Crippen LogP contribution in [0.5, 0.6) is 0 Å². The molecule has 4 rings (SSSR count). The average Bonchev–Trinajstić information content (AvgIpc) is 3.34. The Hall–Kier alpha value is -4.14. The summed E-state index contributed by atoms with van der Waals surface area (Å²) in [5, 5.41) is 18.3. The van der Waals surface area contributed by atoms with Crippen molar-refractivity contribution in [3.8, 4) is 11.1 Å². The highest BCUT2D eigenvalue weighted by Gasteiger charge is 2.29. The van der Waals surface area contributed by atoms with Gasteiger partial charge in [0.25, 0.3) is 0 Å². The normalized spacial score (nSPS) is 13.0. The molecule has 9 heteroatoms. The van der Waals surface area contributed by atoms with E-state index in [0.717, 1.165) is 22.3 Å². The van der Waals surface area contributed by atoms with Crippen molar-refractivity contribution in [1.29, 1.82) is 0 Å². The van der Waals surface area contributed by atoms with E-state index in [1.807, 2.05) is 43.3 Å². The van der Waals surface area contributed by atoms with Crippen LogP contribution in [0, 0.1) is 0 Å². The molecule has 1 heterocycles. The van der Waals surface area contributed by atoms with Gasteiger partial charge in [-0.3, -0.25) is 9.48 Å². The number of rotatable bonds is 8. The number of aromatic carboxylic acids is 1. The van der Waals surface area contributed by atoms with Gasteiger partial charge >= 0.3 is 12.1 Å². The number of nitrogens with zero attached hydrogens (tertiary/aromatic N) is 2. The zero-order chi connectivity index (χ0) is 24.2. The Morgan fingerprint density at radius 1 is 1.09 bits per heavy atom. The fourth-order valence-corrected chi connectivity index (χ4v) is 4.27. The van der Waals surface area contributed by atoms with Gasteiger partial charge < -0.3 is 20.5 Å². The number of fused-ring (bicyclic) bond motifs is 3. The zero-order valence-electron chi connectivity index (χ0n) is 18.9. The average molecular weight is 463 g/mol. The largest absolute Gasteiger partial charge is 0.476 e. The number of alkyl carbamates (subject to hydrolysis) is 1. The van der Waals surface area contributed by atoms with E-state index in [1.54, 1.807) is 7.05 Å². The lowest BCUT2D eigenvalue weighted by atomic mass is 9.98. The predicted octanol–water partition coefficient (Wildman–Crippen LogP) is 3.76. The maximum Gasteiger partial charge on any atom is 0.407 e. The number of carbonyl (C=O) groups is 3. The summed E-state index contributed by atoms with van der Waals surface area (Å²) in [6, 6.07) is 15.7. The number of anilines is 1. The molecule has 0 radical (unpaired) electrons. The second kappa shape index (κ2) is 9.78. The molecule has 9 nitrogen and oxygen atoms in total. The van der Waals surface area contributed by atoms with Crippen LogP contribution in [-0.2, 0) is 16.6 Å². The van der Waals surface area contributed by atoms with Crippen LogP contribution in [0.4, 0.5) is 10.5 Å². The van der Waals surface area contributed by atoms with E-state index in [4.69, 9.17) is 4.74 Å². The molecule has 0 aliphatic heterocycles. The zero-order valence-corrected chi connectivity index (χ0v) is 18.9. The molecule has 34 heavy (non-hydrogen) atoms. The molecular weight excluding hydrogens is 436 g/mol. The monoisotopic (exact) mass is 462 g/mol. The fraction of sp³-hybridized carbons (Fsp3) is 0.280. The second-order valence-corrected chi connectivity index (χ2v) is 8.20. The van der Waals surface area contributed by atoms with Crippen molar-refractivity contribution in [3.05, 3.63) is 71.5 Å². The molecule has 1 aliphatic rings. The minimum absolute atomic E-state index is 0.0331. The lowest BCUT2D eigenvalue weighted by Crippen LogP contribution is -2.38. The summed E-state index contributed by atoms with van der Waals surface area (Å²) in [6.07, 6.45) is 1.28. The molecule has 176 valence electrons. The van der Waals surface area contributed by atoms with Gasteiger partial charge in [0.1, 0.15) is 6.61 Å². The first-order valence-electron chi connectivity index (χ1n) is 11.1. The molecular formula is C25H26N4O5. The van der Waals surface area contributed by atoms with Gasteiger partial charge in [-0.05, 0) is 28.7 Å². The molecule has 2 amide bonds. The van der Waals surface area contributed by atoms with Crippen molar-refractivity contribution in [2.75, 3.05) is 11.9 Å². The van der Waals surface area contributed by atoms with Crippen LogP contribution in [0.1, 0.15) is 47.3 Å². The Morgan fingerprint density at radius 3 is 2.29 bits per heavy atom. The molecule has 3 N–H and O–H groups in total. The fourth-order valence-electron chi connectivity index (χ4n) is 4.27. The van der Waals surface area contributed by atoms with Gasteiger partial charge in [0.05, 0.1) is 5.69 Å². The summed E-state index contributed by atoms with van der Waals surface area (Å²) < 4.78 is 6.86. The maximum atomic E-state index is 12.5. The van der Waals surface area contributed by atoms with Gasteiger partial charge in [0, 0.05) is 31.6 Å². The Balaban J connectivity index is 1.34. The number of carboxylic acids is 1. The predicted molar refractivity (Wildman–Crippen MR) is 126 cm³/mol. The van der Waals surface area contributed by atoms with E-state index in [9.17, 15) is 19.5 Å². The lowest BCUT2D eigenvalue weighted by molar-refractivity contribution is -0.116. The Kier molecular flexibility index (Phi) is 6.62. The van der Waals surface area contributed by atoms with Crippen molar-refractivity contribution < 1.29 is 24.2 Å². The summed E-state index contributed by atoms with van der Waals surface area (Å²) in [4.78, 5) is 36.3. The lowest BCUT2D eigenvalue weighted by Gasteiger charge is -2.18. The molecule has 0 saturated carbocycles. The van der Waals surface area contributed by atoms with Crippen LogP contribution >= 0.6 is 0 Å². The molecule has 2 aromatic carbocycles. The number of hydrogen-bond donors (Lipinski definition) is 3. The van der Waals surface area contributed by atoms with Gasteiger partial charge in [-0.1, -0.05) is 55.5 Å². The van der Waals surface area contributed by atoms with E-state index < -0.39 is 24.0 Å². The number of nitrogens with one attached hydrogen (secondary N) is 2. The third kappa shape index (κ3) is 4.78. The van der Waals surface area contributed by atoms with Crippen molar-refractivity contribution in [1.82, 2.24) is 15.1 Å². The molecule has 0 fully saturated rings. The Morgan fingerprint density at radius 2 is 1.71 bits per heavy atom. The standard InChI is InChI=1S/C25H26N4O5/c1-3-15(12-22(30)27-21-13-29(2)28-23(21)24(31)32)26-25(33)34-14-20-18-10-6-4-8-16(18)17-9-5-7-11-19(17)20/h4-11,13,15,20H,3,12,14H2,1-2H3,(H,26,33)(H,27,30)(H,31,32). The molecule has 3 aromatic rings. The highest BCUT2D eigenvalue weighted by Crippen LogP contribution is 2.44. The first-order chi connectivity index (χ1) is 16.4. The minimum atomic E-state index is -1.24. The van der Waals surface area contributed by atoms with Crippen molar-refractivity contribution in [3.63, 3.8) is 0 Å². The van der Waals surface area contributed by atoms with E-state index in [-0.39, 0.29) is 30.3 Å². The number of ether oxygens (including phenoxy) is 1. The quantitative estimate of drug-likeness (QED) is 0.468. The third-order valence-corrected chi connectivity index (χ3v) is 5.90. The van der Waals surface area contributed by atoms with E-state index in [1.165, 1.54) is 10.9 Å². The first kappa shape index (κ1) is 23.0. The summed E-state index contributed by atoms with van der Waals surface area (Å²) >= 11 is 0. The van der Waals surface area contributed by atoms with Crippen LogP contribution in [0.15, 0.2) is 54.7 Å². The number of carboxylic acid groups (broad SMARTS) is 1. The molecule has 0 bridgehead atoms. The first-order valence-corrected chi connectivity index (χ1v) is 11.1. The van der Waals surface area contributed by atoms with Crippen molar-refractivity contribution in [2.45, 2.75) is 31.7 Å². The van der Waals surface area contributed by atoms with Crippen LogP contribution < -0.4 is 10.6 Å². The number of hydrogen-bond acceptors (Lipinski definition) is 5. The van der Waals surface area contributed by atoms with Gasteiger partial charge in [0.2, 0.25) is 5.91 Å². The molecule has 1 aliphatic carbocycles. The summed E-state index contributed by atoms with van der Waals surface area (Å²) in [6.45, 7) is 2.02. The van der Waals surface area contributed by atoms with Crippen molar-refractivity contribution in [2.24, 2.45) is 7.05 Å². The Labute approximate surface area is 196 Å². The number of aryl methyl sites for hydroxylation is 1. The number of aromatic nitrogens is 2. The maximum absolute atomic E-state index is 12.5. The Bertz CT molecular complexity index is 1190. The summed E-state index contributed by atoms with van der Waals surface area (Å²) in [5.41, 5.74) is 4.39. The van der Waals surface area contributed by atoms with Crippen LogP contribution in [0.2, 0.25) is 0 Å². The minimum Gasteiger partial charge on any atom is -0.476 e. The molecule has 1 atom stereocenters.